The first-order valence-electron chi connectivity index (χ1n) is 22.7. The average molecular weight is 841 g/mol. The lowest BCUT2D eigenvalue weighted by Crippen LogP contribution is -2.10. The minimum absolute atomic E-state index is 1.07. The zero-order valence-electron chi connectivity index (χ0n) is 36.3. The fourth-order valence-corrected chi connectivity index (χ4v) is 9.80. The van der Waals surface area contributed by atoms with E-state index in [4.69, 9.17) is 0 Å². The summed E-state index contributed by atoms with van der Waals surface area (Å²) in [6, 6.07) is 96.9. The summed E-state index contributed by atoms with van der Waals surface area (Å²) < 4.78 is 2.45. The lowest BCUT2D eigenvalue weighted by atomic mass is 9.92. The molecule has 0 saturated heterocycles. The predicted molar refractivity (Wildman–Crippen MR) is 280 cm³/mol. The Labute approximate surface area is 385 Å². The third-order valence-corrected chi connectivity index (χ3v) is 13.0. The van der Waals surface area contributed by atoms with Gasteiger partial charge >= 0.3 is 0 Å². The average Bonchev–Trinajstić information content (AvgIpc) is 3.74. The summed E-state index contributed by atoms with van der Waals surface area (Å²) in [7, 11) is 0. The Morgan fingerprint density at radius 2 is 0.727 bits per heavy atom. The Kier molecular flexibility index (Phi) is 9.89. The number of nitrogens with zero attached hydrogens (tertiary/aromatic N) is 2. The van der Waals surface area contributed by atoms with Crippen LogP contribution in [0, 0.1) is 0 Å². The Morgan fingerprint density at radius 3 is 1.39 bits per heavy atom. The molecule has 0 fully saturated rings. The highest BCUT2D eigenvalue weighted by Crippen LogP contribution is 2.44. The van der Waals surface area contributed by atoms with Gasteiger partial charge in [-0.15, -0.1) is 0 Å². The smallest absolute Gasteiger partial charge is 0.0546 e. The molecule has 1 aromatic heterocycles. The van der Waals surface area contributed by atoms with Crippen LogP contribution >= 0.6 is 0 Å². The van der Waals surface area contributed by atoms with Gasteiger partial charge in [-0.1, -0.05) is 200 Å². The van der Waals surface area contributed by atoms with E-state index in [-0.39, 0.29) is 0 Å². The van der Waals surface area contributed by atoms with Crippen molar-refractivity contribution in [3.8, 4) is 61.3 Å². The molecule has 0 N–H and O–H groups in total. The normalized spacial score (nSPS) is 11.3. The molecule has 0 amide bonds. The van der Waals surface area contributed by atoms with Crippen molar-refractivity contribution in [2.24, 2.45) is 0 Å². The molecular weight excluding hydrogens is 797 g/mol. The summed E-state index contributed by atoms with van der Waals surface area (Å²) in [5.74, 6) is 0. The van der Waals surface area contributed by atoms with Crippen LogP contribution in [0.4, 0.5) is 17.1 Å². The molecule has 12 rings (SSSR count). The van der Waals surface area contributed by atoms with Gasteiger partial charge in [0, 0.05) is 33.4 Å². The molecular formula is C64H44N2. The van der Waals surface area contributed by atoms with E-state index in [1.807, 2.05) is 0 Å². The molecule has 2 heteroatoms. The summed E-state index contributed by atoms with van der Waals surface area (Å²) in [6.45, 7) is 0. The van der Waals surface area contributed by atoms with Crippen LogP contribution in [-0.2, 0) is 0 Å². The number of hydrogen-bond acceptors (Lipinski definition) is 1. The second-order valence-corrected chi connectivity index (χ2v) is 16.9. The van der Waals surface area contributed by atoms with Gasteiger partial charge in [-0.2, -0.15) is 0 Å². The zero-order chi connectivity index (χ0) is 43.8. The monoisotopic (exact) mass is 840 g/mol. The second-order valence-electron chi connectivity index (χ2n) is 16.9. The Morgan fingerprint density at radius 1 is 0.258 bits per heavy atom. The van der Waals surface area contributed by atoms with Crippen LogP contribution in [0.15, 0.2) is 267 Å². The molecule has 66 heavy (non-hydrogen) atoms. The molecule has 0 aliphatic carbocycles. The van der Waals surface area contributed by atoms with Gasteiger partial charge in [-0.05, 0) is 128 Å². The molecule has 0 aliphatic heterocycles. The maximum absolute atomic E-state index is 2.45. The summed E-state index contributed by atoms with van der Waals surface area (Å²) in [6.07, 6.45) is 0. The first-order chi connectivity index (χ1) is 32.7. The van der Waals surface area contributed by atoms with Crippen molar-refractivity contribution in [3.05, 3.63) is 267 Å². The van der Waals surface area contributed by atoms with E-state index in [1.165, 1.54) is 82.6 Å². The van der Waals surface area contributed by atoms with Crippen LogP contribution in [0.1, 0.15) is 0 Å². The molecule has 2 nitrogen and oxygen atoms in total. The fourth-order valence-electron chi connectivity index (χ4n) is 9.80. The molecule has 0 radical (unpaired) electrons. The maximum Gasteiger partial charge on any atom is 0.0546 e. The second kappa shape index (κ2) is 16.8. The van der Waals surface area contributed by atoms with Crippen molar-refractivity contribution in [1.29, 1.82) is 0 Å². The largest absolute Gasteiger partial charge is 0.310 e. The number of para-hydroxylation sites is 2. The Bertz CT molecular complexity index is 3630. The van der Waals surface area contributed by atoms with E-state index in [0.717, 1.165) is 28.3 Å². The van der Waals surface area contributed by atoms with Crippen molar-refractivity contribution in [2.75, 3.05) is 4.90 Å². The third-order valence-electron chi connectivity index (χ3n) is 13.0. The van der Waals surface area contributed by atoms with Gasteiger partial charge in [-0.3, -0.25) is 0 Å². The van der Waals surface area contributed by atoms with E-state index in [1.54, 1.807) is 0 Å². The molecule has 0 atom stereocenters. The van der Waals surface area contributed by atoms with Crippen molar-refractivity contribution >= 4 is 49.6 Å². The van der Waals surface area contributed by atoms with Gasteiger partial charge in [0.15, 0.2) is 0 Å². The number of fused-ring (bicyclic) bond motifs is 4. The van der Waals surface area contributed by atoms with Crippen molar-refractivity contribution in [3.63, 3.8) is 0 Å². The number of benzene rings is 11. The summed E-state index contributed by atoms with van der Waals surface area (Å²) >= 11 is 0. The minimum atomic E-state index is 1.07. The quantitative estimate of drug-likeness (QED) is 0.141. The number of anilines is 3. The number of rotatable bonds is 9. The SMILES string of the molecule is c1ccc(-c2cccc(-c3ccc(N(c4ccc(-c5c(-c6ccccc6)cccc5-n5c6ccccc6c6ccccc65)cc4)c4cccc(-c5ccc6ccccc6c5)c4)cc3)c2)cc1. The molecule has 0 aliphatic rings. The van der Waals surface area contributed by atoms with Crippen LogP contribution in [0.5, 0.6) is 0 Å². The topological polar surface area (TPSA) is 8.17 Å². The molecule has 12 aromatic rings. The molecule has 0 bridgehead atoms. The number of aromatic nitrogens is 1. The highest BCUT2D eigenvalue weighted by molar-refractivity contribution is 6.10. The van der Waals surface area contributed by atoms with E-state index < -0.39 is 0 Å². The van der Waals surface area contributed by atoms with Crippen LogP contribution in [0.25, 0.3) is 93.9 Å². The number of hydrogen-bond donors (Lipinski definition) is 0. The van der Waals surface area contributed by atoms with Gasteiger partial charge in [0.05, 0.1) is 16.7 Å². The minimum Gasteiger partial charge on any atom is -0.310 e. The lowest BCUT2D eigenvalue weighted by Gasteiger charge is -2.27. The van der Waals surface area contributed by atoms with Gasteiger partial charge in [0.25, 0.3) is 0 Å². The Balaban J connectivity index is 0.999. The van der Waals surface area contributed by atoms with Crippen LogP contribution in [0.3, 0.4) is 0 Å². The molecule has 0 spiro atoms. The van der Waals surface area contributed by atoms with Gasteiger partial charge in [-0.25, -0.2) is 0 Å². The highest BCUT2D eigenvalue weighted by Gasteiger charge is 2.20. The molecule has 1 heterocycles. The third kappa shape index (κ3) is 7.12. The molecule has 11 aromatic carbocycles. The standard InChI is InChI=1S/C64H44N2/c1-3-16-45(17-4-1)51-22-13-23-52(42-51)47-34-38-55(39-35-47)65(57-25-14-24-53(44-57)54-33-32-46-18-7-8-21-50(46)43-54)56-40-36-49(37-41-56)64-58(48-19-5-2-6-20-48)28-15-31-63(64)66-61-29-11-9-26-59(61)60-27-10-12-30-62(60)66/h1-44H. The molecule has 0 unspecified atom stereocenters. The van der Waals surface area contributed by atoms with Gasteiger partial charge in [0.2, 0.25) is 0 Å². The summed E-state index contributed by atoms with van der Waals surface area (Å²) in [5.41, 5.74) is 18.6. The van der Waals surface area contributed by atoms with E-state index in [0.29, 0.717) is 0 Å². The molecule has 310 valence electrons. The first-order valence-corrected chi connectivity index (χ1v) is 22.7. The van der Waals surface area contributed by atoms with Crippen molar-refractivity contribution in [2.45, 2.75) is 0 Å². The van der Waals surface area contributed by atoms with E-state index >= 15 is 0 Å². The van der Waals surface area contributed by atoms with Gasteiger partial charge < -0.3 is 9.47 Å². The Hall–Kier alpha value is -8.72. The van der Waals surface area contributed by atoms with E-state index in [9.17, 15) is 0 Å². The highest BCUT2D eigenvalue weighted by atomic mass is 15.1. The van der Waals surface area contributed by atoms with Gasteiger partial charge in [0.1, 0.15) is 0 Å². The van der Waals surface area contributed by atoms with Crippen molar-refractivity contribution < 1.29 is 0 Å². The zero-order valence-corrected chi connectivity index (χ0v) is 36.3. The summed E-state index contributed by atoms with van der Waals surface area (Å²) in [4.78, 5) is 2.38. The lowest BCUT2D eigenvalue weighted by molar-refractivity contribution is 1.18. The first kappa shape index (κ1) is 38.9. The maximum atomic E-state index is 2.45. The van der Waals surface area contributed by atoms with Crippen LogP contribution < -0.4 is 4.90 Å². The van der Waals surface area contributed by atoms with Crippen LogP contribution in [-0.4, -0.2) is 4.57 Å². The van der Waals surface area contributed by atoms with E-state index in [2.05, 4.69) is 276 Å². The fraction of sp³-hybridized carbons (Fsp3) is 0. The predicted octanol–water partition coefficient (Wildman–Crippen LogP) is 17.7. The van der Waals surface area contributed by atoms with Crippen molar-refractivity contribution in [1.82, 2.24) is 4.57 Å². The summed E-state index contributed by atoms with van der Waals surface area (Å²) in [5, 5.41) is 4.96. The molecule has 0 saturated carbocycles. The van der Waals surface area contributed by atoms with Crippen LogP contribution in [0.2, 0.25) is 0 Å².